The Kier molecular flexibility index (Phi) is 13.4. The monoisotopic (exact) mass is 322 g/mol. The summed E-state index contributed by atoms with van der Waals surface area (Å²) in [4.78, 5) is 10.6. The van der Waals surface area contributed by atoms with Crippen LogP contribution in [0.25, 0.3) is 0 Å². The van der Waals surface area contributed by atoms with Crippen LogP contribution in [0.5, 0.6) is 0 Å². The zero-order chi connectivity index (χ0) is 16.8. The van der Waals surface area contributed by atoms with Crippen LogP contribution in [-0.2, 0) is 19.0 Å². The number of nitrogens with one attached hydrogen (secondary N) is 2. The zero-order valence-electron chi connectivity index (χ0n) is 14.2. The normalized spacial score (nSPS) is 14.1. The molecule has 1 amide bonds. The van der Waals surface area contributed by atoms with Crippen molar-refractivity contribution in [3.8, 4) is 0 Å². The van der Waals surface area contributed by atoms with Crippen LogP contribution >= 0.6 is 0 Å². The number of carbonyl (C=O) groups is 1. The van der Waals surface area contributed by atoms with Gasteiger partial charge in [0.15, 0.2) is 0 Å². The molecule has 0 aliphatic heterocycles. The van der Waals surface area contributed by atoms with E-state index in [0.29, 0.717) is 32.5 Å². The molecule has 0 heterocycles. The van der Waals surface area contributed by atoms with Gasteiger partial charge in [0.2, 0.25) is 5.91 Å². The third-order valence-electron chi connectivity index (χ3n) is 2.65. The number of hydrogen-bond acceptors (Lipinski definition) is 5. The van der Waals surface area contributed by atoms with Crippen LogP contribution in [0.2, 0.25) is 0 Å². The first-order valence-corrected chi connectivity index (χ1v) is 7.80. The molecular formula is C15H31FN2O4. The fourth-order valence-electron chi connectivity index (χ4n) is 1.55. The van der Waals surface area contributed by atoms with E-state index in [0.717, 1.165) is 6.54 Å². The average Bonchev–Trinajstić information content (AvgIpc) is 2.43. The van der Waals surface area contributed by atoms with Crippen LogP contribution in [0.1, 0.15) is 27.7 Å². The Hall–Kier alpha value is -0.760. The van der Waals surface area contributed by atoms with E-state index < -0.39 is 6.17 Å². The number of hydrogen-bond donors (Lipinski definition) is 2. The van der Waals surface area contributed by atoms with Crippen LogP contribution < -0.4 is 10.6 Å². The van der Waals surface area contributed by atoms with Gasteiger partial charge in [0.05, 0.1) is 45.7 Å². The summed E-state index contributed by atoms with van der Waals surface area (Å²) < 4.78 is 29.4. The lowest BCUT2D eigenvalue weighted by Gasteiger charge is -2.15. The smallest absolute Gasteiger partial charge is 0.216 e. The highest BCUT2D eigenvalue weighted by Crippen LogP contribution is 1.96. The average molecular weight is 322 g/mol. The Bertz CT molecular complexity index is 280. The first-order valence-electron chi connectivity index (χ1n) is 7.80. The Labute approximate surface area is 133 Å². The van der Waals surface area contributed by atoms with E-state index in [-0.39, 0.29) is 25.2 Å². The summed E-state index contributed by atoms with van der Waals surface area (Å²) in [5.74, 6) is -0.247. The molecule has 0 radical (unpaired) electrons. The predicted octanol–water partition coefficient (Wildman–Crippen LogP) is 0.897. The van der Waals surface area contributed by atoms with Crippen LogP contribution in [0.15, 0.2) is 0 Å². The predicted molar refractivity (Wildman–Crippen MR) is 83.8 cm³/mol. The minimum absolute atomic E-state index is 0.0250. The maximum atomic E-state index is 13.3. The molecule has 0 aliphatic rings. The van der Waals surface area contributed by atoms with Gasteiger partial charge in [0.25, 0.3) is 0 Å². The van der Waals surface area contributed by atoms with Crippen LogP contribution in [-0.4, -0.2) is 70.3 Å². The number of ether oxygens (including phenoxy) is 3. The molecule has 22 heavy (non-hydrogen) atoms. The van der Waals surface area contributed by atoms with Crippen molar-refractivity contribution in [1.29, 1.82) is 0 Å². The molecule has 7 heteroatoms. The van der Waals surface area contributed by atoms with Crippen molar-refractivity contribution in [3.05, 3.63) is 0 Å². The van der Waals surface area contributed by atoms with Gasteiger partial charge in [-0.1, -0.05) is 13.8 Å². The third kappa shape index (κ3) is 15.6. The molecule has 0 aromatic rings. The Morgan fingerprint density at radius 2 is 1.82 bits per heavy atom. The molecule has 0 spiro atoms. The third-order valence-corrected chi connectivity index (χ3v) is 2.65. The molecule has 0 bridgehead atoms. The largest absolute Gasteiger partial charge is 0.378 e. The summed E-state index contributed by atoms with van der Waals surface area (Å²) in [7, 11) is 0. The number of amides is 1. The van der Waals surface area contributed by atoms with Crippen molar-refractivity contribution < 1.29 is 23.4 Å². The van der Waals surface area contributed by atoms with Crippen LogP contribution in [0, 0.1) is 0 Å². The molecule has 132 valence electrons. The molecule has 0 aromatic carbocycles. The van der Waals surface area contributed by atoms with E-state index in [1.165, 1.54) is 6.92 Å². The molecule has 2 unspecified atom stereocenters. The number of alkyl halides is 1. The molecule has 2 N–H and O–H groups in total. The van der Waals surface area contributed by atoms with Crippen molar-refractivity contribution in [2.24, 2.45) is 0 Å². The van der Waals surface area contributed by atoms with Gasteiger partial charge >= 0.3 is 0 Å². The summed E-state index contributed by atoms with van der Waals surface area (Å²) >= 11 is 0. The number of carbonyl (C=O) groups excluding carboxylic acids is 1. The molecule has 0 saturated heterocycles. The summed E-state index contributed by atoms with van der Waals surface area (Å²) in [5.41, 5.74) is 0. The molecule has 0 saturated carbocycles. The number of rotatable bonds is 14. The minimum atomic E-state index is -1.20. The molecule has 0 fully saturated rings. The van der Waals surface area contributed by atoms with Crippen molar-refractivity contribution in [2.45, 2.75) is 46.0 Å². The molecular weight excluding hydrogens is 291 g/mol. The van der Waals surface area contributed by atoms with Gasteiger partial charge in [-0.2, -0.15) is 0 Å². The lowest BCUT2D eigenvalue weighted by atomic mass is 10.4. The fraction of sp³-hybridized carbons (Fsp3) is 0.933. The summed E-state index contributed by atoms with van der Waals surface area (Å²) in [6, 6.07) is 0.460. The SMILES string of the molecule is CC(=O)NCC(F)COCC(C)OCCOCCNC(C)C. The van der Waals surface area contributed by atoms with Crippen molar-refractivity contribution in [3.63, 3.8) is 0 Å². The molecule has 2 atom stereocenters. The Balaban J connectivity index is 3.35. The molecule has 6 nitrogen and oxygen atoms in total. The van der Waals surface area contributed by atoms with Gasteiger partial charge in [-0.15, -0.1) is 0 Å². The fourth-order valence-corrected chi connectivity index (χ4v) is 1.55. The first kappa shape index (κ1) is 21.2. The summed E-state index contributed by atoms with van der Waals surface area (Å²) in [6.45, 7) is 10.1. The standard InChI is InChI=1S/C15H31FN2O4/c1-12(2)17-5-6-20-7-8-22-13(3)10-21-11-15(16)9-18-14(4)19/h12-13,15,17H,5-11H2,1-4H3,(H,18,19). The lowest BCUT2D eigenvalue weighted by Crippen LogP contribution is -2.31. The highest BCUT2D eigenvalue weighted by Gasteiger charge is 2.09. The Morgan fingerprint density at radius 1 is 1.09 bits per heavy atom. The topological polar surface area (TPSA) is 68.8 Å². The quantitative estimate of drug-likeness (QED) is 0.465. The summed E-state index contributed by atoms with van der Waals surface area (Å²) in [6.07, 6.45) is -1.32. The van der Waals surface area contributed by atoms with E-state index in [1.54, 1.807) is 0 Å². The molecule has 0 aromatic heterocycles. The van der Waals surface area contributed by atoms with Gasteiger partial charge in [0.1, 0.15) is 6.17 Å². The Morgan fingerprint density at radius 3 is 2.45 bits per heavy atom. The maximum Gasteiger partial charge on any atom is 0.216 e. The van der Waals surface area contributed by atoms with Gasteiger partial charge in [-0.25, -0.2) is 4.39 Å². The second-order valence-electron chi connectivity index (χ2n) is 5.47. The van der Waals surface area contributed by atoms with Gasteiger partial charge in [-0.3, -0.25) is 4.79 Å². The van der Waals surface area contributed by atoms with Gasteiger partial charge < -0.3 is 24.8 Å². The second-order valence-corrected chi connectivity index (χ2v) is 5.47. The van der Waals surface area contributed by atoms with E-state index >= 15 is 0 Å². The van der Waals surface area contributed by atoms with Crippen molar-refractivity contribution >= 4 is 5.91 Å². The van der Waals surface area contributed by atoms with Crippen molar-refractivity contribution in [1.82, 2.24) is 10.6 Å². The van der Waals surface area contributed by atoms with E-state index in [4.69, 9.17) is 14.2 Å². The van der Waals surface area contributed by atoms with Crippen molar-refractivity contribution in [2.75, 3.05) is 46.1 Å². The molecule has 0 rings (SSSR count). The van der Waals surface area contributed by atoms with Gasteiger partial charge in [-0.05, 0) is 6.92 Å². The minimum Gasteiger partial charge on any atom is -0.378 e. The zero-order valence-corrected chi connectivity index (χ0v) is 14.2. The number of halogens is 1. The highest BCUT2D eigenvalue weighted by atomic mass is 19.1. The lowest BCUT2D eigenvalue weighted by molar-refractivity contribution is -0.119. The van der Waals surface area contributed by atoms with Crippen LogP contribution in [0.3, 0.4) is 0 Å². The van der Waals surface area contributed by atoms with E-state index in [1.807, 2.05) is 6.92 Å². The van der Waals surface area contributed by atoms with E-state index in [9.17, 15) is 9.18 Å². The van der Waals surface area contributed by atoms with Crippen LogP contribution in [0.4, 0.5) is 4.39 Å². The second kappa shape index (κ2) is 13.9. The van der Waals surface area contributed by atoms with Gasteiger partial charge in [0, 0.05) is 19.5 Å². The highest BCUT2D eigenvalue weighted by molar-refractivity contribution is 5.72. The first-order chi connectivity index (χ1) is 10.4. The summed E-state index contributed by atoms with van der Waals surface area (Å²) in [5, 5.41) is 5.66. The maximum absolute atomic E-state index is 13.3. The van der Waals surface area contributed by atoms with E-state index in [2.05, 4.69) is 24.5 Å². The molecule has 0 aliphatic carbocycles.